The van der Waals surface area contributed by atoms with Gasteiger partial charge in [0.2, 0.25) is 0 Å². The minimum absolute atomic E-state index is 0.119. The van der Waals surface area contributed by atoms with Crippen LogP contribution in [0.5, 0.6) is 0 Å². The molecule has 0 spiro atoms. The Balaban J connectivity index is 2.46. The Kier molecular flexibility index (Phi) is 3.86. The van der Waals surface area contributed by atoms with Crippen LogP contribution >= 0.6 is 15.9 Å². The van der Waals surface area contributed by atoms with Crippen LogP contribution in [0.25, 0.3) is 0 Å². The molecule has 4 heteroatoms. The summed E-state index contributed by atoms with van der Waals surface area (Å²) in [6.45, 7) is 2.11. The average Bonchev–Trinajstić information content (AvgIpc) is 2.36. The minimum atomic E-state index is 0.119. The van der Waals surface area contributed by atoms with Gasteiger partial charge in [-0.3, -0.25) is 0 Å². The fourth-order valence-electron chi connectivity index (χ4n) is 1.88. The number of rotatable bonds is 3. The molecule has 1 unspecified atom stereocenters. The highest BCUT2D eigenvalue weighted by Crippen LogP contribution is 2.26. The van der Waals surface area contributed by atoms with Crippen molar-refractivity contribution in [1.82, 2.24) is 15.3 Å². The Morgan fingerprint density at radius 1 is 1.24 bits per heavy atom. The van der Waals surface area contributed by atoms with Crippen LogP contribution in [-0.4, -0.2) is 17.0 Å². The van der Waals surface area contributed by atoms with Crippen molar-refractivity contribution in [2.24, 2.45) is 0 Å². The lowest BCUT2D eigenvalue weighted by Gasteiger charge is -2.18. The highest BCUT2D eigenvalue weighted by atomic mass is 79.9. The second-order valence-corrected chi connectivity index (χ2v) is 4.81. The quantitative estimate of drug-likeness (QED) is 0.945. The molecule has 0 saturated carbocycles. The zero-order valence-corrected chi connectivity index (χ0v) is 11.4. The highest BCUT2D eigenvalue weighted by molar-refractivity contribution is 9.10. The van der Waals surface area contributed by atoms with E-state index in [-0.39, 0.29) is 6.04 Å². The van der Waals surface area contributed by atoms with E-state index in [2.05, 4.69) is 50.3 Å². The molecule has 1 aromatic carbocycles. The summed E-state index contributed by atoms with van der Waals surface area (Å²) in [5.41, 5.74) is 3.55. The summed E-state index contributed by atoms with van der Waals surface area (Å²) in [6, 6.07) is 6.40. The van der Waals surface area contributed by atoms with E-state index in [4.69, 9.17) is 0 Å². The first-order chi connectivity index (χ1) is 8.22. The first-order valence-electron chi connectivity index (χ1n) is 5.40. The van der Waals surface area contributed by atoms with E-state index in [9.17, 15) is 0 Å². The molecule has 0 aliphatic heterocycles. The molecule has 2 aromatic rings. The Morgan fingerprint density at radius 2 is 1.94 bits per heavy atom. The van der Waals surface area contributed by atoms with Crippen molar-refractivity contribution in [3.63, 3.8) is 0 Å². The molecule has 0 bridgehead atoms. The van der Waals surface area contributed by atoms with Crippen molar-refractivity contribution >= 4 is 15.9 Å². The van der Waals surface area contributed by atoms with Gasteiger partial charge in [0.1, 0.15) is 6.33 Å². The van der Waals surface area contributed by atoms with Gasteiger partial charge in [-0.15, -0.1) is 0 Å². The van der Waals surface area contributed by atoms with Crippen LogP contribution in [0, 0.1) is 6.92 Å². The topological polar surface area (TPSA) is 37.8 Å². The Morgan fingerprint density at radius 3 is 2.59 bits per heavy atom. The molecular weight excluding hydrogens is 278 g/mol. The highest BCUT2D eigenvalue weighted by Gasteiger charge is 2.14. The molecule has 17 heavy (non-hydrogen) atoms. The number of hydrogen-bond donors (Lipinski definition) is 1. The average molecular weight is 292 g/mol. The molecule has 1 atom stereocenters. The summed E-state index contributed by atoms with van der Waals surface area (Å²) in [6.07, 6.45) is 5.23. The van der Waals surface area contributed by atoms with Crippen molar-refractivity contribution in [3.8, 4) is 0 Å². The van der Waals surface area contributed by atoms with E-state index in [1.54, 1.807) is 6.33 Å². The van der Waals surface area contributed by atoms with Gasteiger partial charge >= 0.3 is 0 Å². The molecule has 1 N–H and O–H groups in total. The Labute approximate surface area is 109 Å². The second-order valence-electron chi connectivity index (χ2n) is 3.89. The van der Waals surface area contributed by atoms with Gasteiger partial charge in [0.25, 0.3) is 0 Å². The van der Waals surface area contributed by atoms with E-state index < -0.39 is 0 Å². The zero-order valence-electron chi connectivity index (χ0n) is 9.81. The van der Waals surface area contributed by atoms with E-state index in [0.29, 0.717) is 0 Å². The van der Waals surface area contributed by atoms with Crippen LogP contribution in [0.15, 0.2) is 41.4 Å². The molecule has 0 saturated heterocycles. The molecule has 3 nitrogen and oxygen atoms in total. The summed E-state index contributed by atoms with van der Waals surface area (Å²) in [4.78, 5) is 8.14. The number of nitrogens with one attached hydrogen (secondary N) is 1. The summed E-state index contributed by atoms with van der Waals surface area (Å²) in [7, 11) is 1.94. The molecule has 88 valence electrons. The predicted molar refractivity (Wildman–Crippen MR) is 71.8 cm³/mol. The van der Waals surface area contributed by atoms with Gasteiger partial charge in [0.15, 0.2) is 0 Å². The summed E-state index contributed by atoms with van der Waals surface area (Å²) in [5.74, 6) is 0. The fourth-order valence-corrected chi connectivity index (χ4v) is 2.26. The molecule has 0 aliphatic carbocycles. The third kappa shape index (κ3) is 2.70. The maximum absolute atomic E-state index is 4.07. The van der Waals surface area contributed by atoms with E-state index in [0.717, 1.165) is 10.0 Å². The first kappa shape index (κ1) is 12.2. The van der Waals surface area contributed by atoms with Gasteiger partial charge in [-0.05, 0) is 37.2 Å². The smallest absolute Gasteiger partial charge is 0.115 e. The van der Waals surface area contributed by atoms with Crippen LogP contribution in [0.4, 0.5) is 0 Å². The maximum Gasteiger partial charge on any atom is 0.115 e. The molecule has 0 fully saturated rings. The standard InChI is InChI=1S/C13H14BrN3/c1-9-3-4-11(14)5-12(9)13(15-2)10-6-16-8-17-7-10/h3-8,13,15H,1-2H3. The number of aryl methyl sites for hydroxylation is 1. The zero-order chi connectivity index (χ0) is 12.3. The van der Waals surface area contributed by atoms with Crippen molar-refractivity contribution in [1.29, 1.82) is 0 Å². The lowest BCUT2D eigenvalue weighted by Crippen LogP contribution is -2.19. The molecule has 1 aromatic heterocycles. The van der Waals surface area contributed by atoms with Crippen molar-refractivity contribution < 1.29 is 0 Å². The van der Waals surface area contributed by atoms with Gasteiger partial charge in [0, 0.05) is 22.4 Å². The van der Waals surface area contributed by atoms with Crippen LogP contribution in [0.2, 0.25) is 0 Å². The fraction of sp³-hybridized carbons (Fsp3) is 0.231. The predicted octanol–water partition coefficient (Wildman–Crippen LogP) is 2.86. The largest absolute Gasteiger partial charge is 0.309 e. The van der Waals surface area contributed by atoms with E-state index in [1.807, 2.05) is 25.5 Å². The number of aromatic nitrogens is 2. The van der Waals surface area contributed by atoms with Crippen LogP contribution in [-0.2, 0) is 0 Å². The minimum Gasteiger partial charge on any atom is -0.309 e. The SMILES string of the molecule is CNC(c1cncnc1)c1cc(Br)ccc1C. The number of benzene rings is 1. The summed E-state index contributed by atoms with van der Waals surface area (Å²) in [5, 5.41) is 3.30. The third-order valence-corrected chi connectivity index (χ3v) is 3.25. The van der Waals surface area contributed by atoms with Crippen LogP contribution < -0.4 is 5.32 Å². The number of halogens is 1. The third-order valence-electron chi connectivity index (χ3n) is 2.75. The number of nitrogens with zero attached hydrogens (tertiary/aromatic N) is 2. The van der Waals surface area contributed by atoms with Gasteiger partial charge in [-0.1, -0.05) is 22.0 Å². The number of hydrogen-bond acceptors (Lipinski definition) is 3. The van der Waals surface area contributed by atoms with Crippen molar-refractivity contribution in [2.45, 2.75) is 13.0 Å². The van der Waals surface area contributed by atoms with Crippen molar-refractivity contribution in [3.05, 3.63) is 58.1 Å². The Hall–Kier alpha value is -1.26. The normalized spacial score (nSPS) is 12.4. The molecule has 0 aliphatic rings. The molecular formula is C13H14BrN3. The first-order valence-corrected chi connectivity index (χ1v) is 6.20. The molecule has 0 radical (unpaired) electrons. The second kappa shape index (κ2) is 5.38. The lowest BCUT2D eigenvalue weighted by atomic mass is 9.97. The van der Waals surface area contributed by atoms with E-state index in [1.165, 1.54) is 11.1 Å². The Bertz CT molecular complexity index is 499. The van der Waals surface area contributed by atoms with Gasteiger partial charge in [0.05, 0.1) is 6.04 Å². The summed E-state index contributed by atoms with van der Waals surface area (Å²) < 4.78 is 1.08. The van der Waals surface area contributed by atoms with E-state index >= 15 is 0 Å². The van der Waals surface area contributed by atoms with Crippen molar-refractivity contribution in [2.75, 3.05) is 7.05 Å². The molecule has 2 rings (SSSR count). The van der Waals surface area contributed by atoms with Gasteiger partial charge < -0.3 is 5.32 Å². The van der Waals surface area contributed by atoms with Crippen LogP contribution in [0.1, 0.15) is 22.7 Å². The summed E-state index contributed by atoms with van der Waals surface area (Å²) >= 11 is 3.51. The van der Waals surface area contributed by atoms with Gasteiger partial charge in [-0.25, -0.2) is 9.97 Å². The monoisotopic (exact) mass is 291 g/mol. The molecule has 1 heterocycles. The lowest BCUT2D eigenvalue weighted by molar-refractivity contribution is 0.680. The molecule has 0 amide bonds. The maximum atomic E-state index is 4.07. The van der Waals surface area contributed by atoms with Gasteiger partial charge in [-0.2, -0.15) is 0 Å². The van der Waals surface area contributed by atoms with Crippen LogP contribution in [0.3, 0.4) is 0 Å².